The fraction of sp³-hybridized carbons (Fsp3) is 0.250. The van der Waals surface area contributed by atoms with Crippen molar-refractivity contribution in [3.8, 4) is 5.88 Å². The molecule has 0 aliphatic rings. The van der Waals surface area contributed by atoms with Gasteiger partial charge in [0.2, 0.25) is 5.88 Å². The van der Waals surface area contributed by atoms with Gasteiger partial charge in [0.15, 0.2) is 11.3 Å². The highest BCUT2D eigenvalue weighted by Gasteiger charge is 2.04. The number of nitrogen functional groups attached to an aromatic ring is 1. The minimum Gasteiger partial charge on any atom is -0.492 e. The standard InChI is InChI=1S/C6H6N4O.C2H6/c7-5-4-6(11)9-3-10(4)2-1-8-5;1-2/h1-3,11H,(H2,7,8);1-2H3. The van der Waals surface area contributed by atoms with Crippen LogP contribution >= 0.6 is 0 Å². The molecule has 0 bridgehead atoms. The molecule has 2 aromatic heterocycles. The molecule has 2 rings (SSSR count). The van der Waals surface area contributed by atoms with Crippen molar-refractivity contribution in [2.24, 2.45) is 0 Å². The molecule has 0 radical (unpaired) electrons. The van der Waals surface area contributed by atoms with Crippen LogP contribution in [0.25, 0.3) is 5.52 Å². The van der Waals surface area contributed by atoms with Gasteiger partial charge >= 0.3 is 0 Å². The highest BCUT2D eigenvalue weighted by Crippen LogP contribution is 2.19. The van der Waals surface area contributed by atoms with Gasteiger partial charge in [-0.1, -0.05) is 13.8 Å². The predicted octanol–water partition coefficient (Wildman–Crippen LogP) is 1.04. The van der Waals surface area contributed by atoms with E-state index in [1.165, 1.54) is 6.33 Å². The molecule has 0 aliphatic heterocycles. The Morgan fingerprint density at radius 2 is 2.08 bits per heavy atom. The summed E-state index contributed by atoms with van der Waals surface area (Å²) >= 11 is 0. The van der Waals surface area contributed by atoms with E-state index in [4.69, 9.17) is 10.8 Å². The van der Waals surface area contributed by atoms with E-state index in [0.29, 0.717) is 5.52 Å². The fourth-order valence-electron chi connectivity index (χ4n) is 0.958. The number of aromatic hydroxyl groups is 1. The minimum absolute atomic E-state index is 0.0874. The van der Waals surface area contributed by atoms with Crippen molar-refractivity contribution >= 4 is 11.3 Å². The Hall–Kier alpha value is -1.78. The molecule has 2 heterocycles. The first-order valence-corrected chi connectivity index (χ1v) is 4.05. The van der Waals surface area contributed by atoms with Crippen molar-refractivity contribution < 1.29 is 5.11 Å². The van der Waals surface area contributed by atoms with E-state index in [-0.39, 0.29) is 11.7 Å². The number of imidazole rings is 1. The van der Waals surface area contributed by atoms with Gasteiger partial charge in [0.25, 0.3) is 0 Å². The lowest BCUT2D eigenvalue weighted by molar-refractivity contribution is 0.462. The van der Waals surface area contributed by atoms with Crippen LogP contribution < -0.4 is 5.73 Å². The average Bonchev–Trinajstić information content (AvgIpc) is 2.53. The van der Waals surface area contributed by atoms with Crippen LogP contribution in [0.1, 0.15) is 13.8 Å². The first-order valence-electron chi connectivity index (χ1n) is 4.05. The van der Waals surface area contributed by atoms with Crippen LogP contribution in [-0.2, 0) is 0 Å². The second-order valence-corrected chi connectivity index (χ2v) is 2.14. The Balaban J connectivity index is 0.000000396. The summed E-state index contributed by atoms with van der Waals surface area (Å²) in [5.74, 6) is 0.193. The maximum atomic E-state index is 9.14. The third-order valence-corrected chi connectivity index (χ3v) is 1.46. The monoisotopic (exact) mass is 180 g/mol. The van der Waals surface area contributed by atoms with Crippen molar-refractivity contribution in [2.45, 2.75) is 13.8 Å². The van der Waals surface area contributed by atoms with E-state index in [9.17, 15) is 0 Å². The minimum atomic E-state index is -0.0874. The van der Waals surface area contributed by atoms with Gasteiger partial charge in [0.1, 0.15) is 6.33 Å². The lowest BCUT2D eigenvalue weighted by atomic mass is 10.5. The van der Waals surface area contributed by atoms with Crippen molar-refractivity contribution in [1.29, 1.82) is 0 Å². The summed E-state index contributed by atoms with van der Waals surface area (Å²) in [7, 11) is 0. The molecule has 0 saturated heterocycles. The molecule has 70 valence electrons. The Kier molecular flexibility index (Phi) is 2.69. The SMILES string of the molecule is CC.Nc1nccn2cnc(O)c12. The topological polar surface area (TPSA) is 76.4 Å². The Morgan fingerprint density at radius 3 is 2.69 bits per heavy atom. The van der Waals surface area contributed by atoms with Crippen LogP contribution in [0.5, 0.6) is 5.88 Å². The number of hydrogen-bond acceptors (Lipinski definition) is 4. The molecule has 5 heteroatoms. The van der Waals surface area contributed by atoms with E-state index < -0.39 is 0 Å². The molecule has 0 saturated carbocycles. The van der Waals surface area contributed by atoms with Crippen LogP contribution in [0.2, 0.25) is 0 Å². The number of hydrogen-bond donors (Lipinski definition) is 2. The second-order valence-electron chi connectivity index (χ2n) is 2.14. The molecule has 5 nitrogen and oxygen atoms in total. The zero-order valence-electron chi connectivity index (χ0n) is 7.60. The van der Waals surface area contributed by atoms with Crippen molar-refractivity contribution in [3.05, 3.63) is 18.7 Å². The Labute approximate surface area is 75.9 Å². The highest BCUT2D eigenvalue weighted by atomic mass is 16.3. The lowest BCUT2D eigenvalue weighted by Crippen LogP contribution is -1.93. The third kappa shape index (κ3) is 1.53. The molecule has 3 N–H and O–H groups in total. The maximum Gasteiger partial charge on any atom is 0.241 e. The van der Waals surface area contributed by atoms with Gasteiger partial charge in [-0.15, -0.1) is 0 Å². The van der Waals surface area contributed by atoms with Crippen molar-refractivity contribution in [1.82, 2.24) is 14.4 Å². The molecule has 0 aliphatic carbocycles. The summed E-state index contributed by atoms with van der Waals surface area (Å²) in [6.45, 7) is 4.00. The first-order chi connectivity index (χ1) is 6.29. The zero-order chi connectivity index (χ0) is 9.84. The smallest absolute Gasteiger partial charge is 0.241 e. The Morgan fingerprint density at radius 1 is 1.38 bits per heavy atom. The highest BCUT2D eigenvalue weighted by molar-refractivity contribution is 5.70. The number of nitrogens with zero attached hydrogens (tertiary/aromatic N) is 3. The van der Waals surface area contributed by atoms with E-state index >= 15 is 0 Å². The number of aromatic nitrogens is 3. The van der Waals surface area contributed by atoms with Crippen molar-refractivity contribution in [2.75, 3.05) is 5.73 Å². The molecular weight excluding hydrogens is 168 g/mol. The van der Waals surface area contributed by atoms with Crippen LogP contribution in [0.4, 0.5) is 5.82 Å². The number of fused-ring (bicyclic) bond motifs is 1. The average molecular weight is 180 g/mol. The van der Waals surface area contributed by atoms with Gasteiger partial charge in [0.05, 0.1) is 0 Å². The summed E-state index contributed by atoms with van der Waals surface area (Å²) in [6, 6.07) is 0. The summed E-state index contributed by atoms with van der Waals surface area (Å²) in [5, 5.41) is 9.14. The summed E-state index contributed by atoms with van der Waals surface area (Å²) < 4.78 is 1.61. The fourth-order valence-corrected chi connectivity index (χ4v) is 0.958. The van der Waals surface area contributed by atoms with Gasteiger partial charge < -0.3 is 10.8 Å². The van der Waals surface area contributed by atoms with E-state index in [1.807, 2.05) is 13.8 Å². The third-order valence-electron chi connectivity index (χ3n) is 1.46. The second kappa shape index (κ2) is 3.75. The van der Waals surface area contributed by atoms with Crippen LogP contribution in [0, 0.1) is 0 Å². The van der Waals surface area contributed by atoms with Gasteiger partial charge in [-0.05, 0) is 0 Å². The first kappa shape index (κ1) is 9.31. The number of nitrogens with two attached hydrogens (primary N) is 1. The van der Waals surface area contributed by atoms with Gasteiger partial charge in [-0.3, -0.25) is 4.40 Å². The normalized spacial score (nSPS) is 9.38. The van der Waals surface area contributed by atoms with Crippen molar-refractivity contribution in [3.63, 3.8) is 0 Å². The van der Waals surface area contributed by atoms with Gasteiger partial charge in [-0.2, -0.15) is 0 Å². The molecule has 0 aromatic carbocycles. The molecule has 0 unspecified atom stereocenters. The molecule has 13 heavy (non-hydrogen) atoms. The molecule has 0 fully saturated rings. The van der Waals surface area contributed by atoms with E-state index in [1.54, 1.807) is 16.8 Å². The molecule has 0 amide bonds. The number of rotatable bonds is 0. The largest absolute Gasteiger partial charge is 0.492 e. The van der Waals surface area contributed by atoms with Crippen LogP contribution in [0.15, 0.2) is 18.7 Å². The van der Waals surface area contributed by atoms with Gasteiger partial charge in [0, 0.05) is 12.4 Å². The molecule has 0 atom stereocenters. The number of anilines is 1. The van der Waals surface area contributed by atoms with Crippen LogP contribution in [0.3, 0.4) is 0 Å². The zero-order valence-corrected chi connectivity index (χ0v) is 7.60. The van der Waals surface area contributed by atoms with E-state index in [2.05, 4.69) is 9.97 Å². The molecule has 2 aromatic rings. The lowest BCUT2D eigenvalue weighted by Gasteiger charge is -1.94. The van der Waals surface area contributed by atoms with Crippen LogP contribution in [-0.4, -0.2) is 19.5 Å². The molecule has 0 spiro atoms. The Bertz CT molecular complexity index is 396. The summed E-state index contributed by atoms with van der Waals surface area (Å²) in [4.78, 5) is 7.45. The van der Waals surface area contributed by atoms with E-state index in [0.717, 1.165) is 0 Å². The molecular formula is C8H12N4O. The summed E-state index contributed by atoms with van der Waals surface area (Å²) in [6.07, 6.45) is 4.69. The quantitative estimate of drug-likeness (QED) is 0.635. The maximum absolute atomic E-state index is 9.14. The van der Waals surface area contributed by atoms with Gasteiger partial charge in [-0.25, -0.2) is 9.97 Å². The predicted molar refractivity (Wildman–Crippen MR) is 50.4 cm³/mol. The summed E-state index contributed by atoms with van der Waals surface area (Å²) in [5.41, 5.74) is 5.92.